The predicted octanol–water partition coefficient (Wildman–Crippen LogP) is 1.35. The fraction of sp³-hybridized carbons (Fsp3) is 0.438. The van der Waals surface area contributed by atoms with Crippen molar-refractivity contribution < 1.29 is 22.7 Å². The normalized spacial score (nSPS) is 18.7. The maximum Gasteiger partial charge on any atom is 0.418 e. The first-order valence-electron chi connectivity index (χ1n) is 8.02. The molecule has 7 nitrogen and oxygen atoms in total. The fourth-order valence-electron chi connectivity index (χ4n) is 2.69. The number of carbonyl (C=O) groups excluding carboxylic acids is 1. The summed E-state index contributed by atoms with van der Waals surface area (Å²) in [6.07, 6.45) is -3.50. The van der Waals surface area contributed by atoms with Crippen molar-refractivity contribution in [3.05, 3.63) is 41.7 Å². The molecule has 1 aromatic carbocycles. The van der Waals surface area contributed by atoms with Crippen LogP contribution in [0.1, 0.15) is 16.1 Å². The van der Waals surface area contributed by atoms with Gasteiger partial charge >= 0.3 is 6.18 Å². The van der Waals surface area contributed by atoms with Gasteiger partial charge in [-0.3, -0.25) is 4.79 Å². The van der Waals surface area contributed by atoms with E-state index in [1.54, 1.807) is 0 Å². The van der Waals surface area contributed by atoms with E-state index in [1.165, 1.54) is 24.4 Å². The smallest absolute Gasteiger partial charge is 0.374 e. The Balaban J connectivity index is 1.69. The van der Waals surface area contributed by atoms with Crippen LogP contribution in [0.4, 0.5) is 13.2 Å². The highest BCUT2D eigenvalue weighted by molar-refractivity contribution is 5.91. The molecule has 1 saturated heterocycles. The summed E-state index contributed by atoms with van der Waals surface area (Å²) in [6, 6.07) is 4.97. The molecule has 3 rings (SSSR count). The van der Waals surface area contributed by atoms with E-state index in [0.29, 0.717) is 13.2 Å². The summed E-state index contributed by atoms with van der Waals surface area (Å²) < 4.78 is 45.8. The molecule has 0 unspecified atom stereocenters. The summed E-state index contributed by atoms with van der Waals surface area (Å²) in [5.74, 6) is -0.516. The van der Waals surface area contributed by atoms with Gasteiger partial charge in [-0.25, -0.2) is 4.68 Å². The molecule has 1 fully saturated rings. The summed E-state index contributed by atoms with van der Waals surface area (Å²) in [7, 11) is 1.96. The maximum atomic E-state index is 13.1. The Morgan fingerprint density at radius 2 is 2.15 bits per heavy atom. The quantitative estimate of drug-likeness (QED) is 0.881. The van der Waals surface area contributed by atoms with Crippen LogP contribution in [0.25, 0.3) is 5.69 Å². The molecule has 10 heteroatoms. The van der Waals surface area contributed by atoms with E-state index in [4.69, 9.17) is 4.74 Å². The van der Waals surface area contributed by atoms with E-state index < -0.39 is 17.6 Å². The lowest BCUT2D eigenvalue weighted by Gasteiger charge is -2.29. The summed E-state index contributed by atoms with van der Waals surface area (Å²) in [5, 5.41) is 10.0. The van der Waals surface area contributed by atoms with Gasteiger partial charge in [0.25, 0.3) is 5.91 Å². The molecule has 0 saturated carbocycles. The number of hydrogen-bond donors (Lipinski definition) is 1. The molecule has 1 aliphatic heterocycles. The van der Waals surface area contributed by atoms with Gasteiger partial charge in [0, 0.05) is 19.6 Å². The molecule has 1 aromatic heterocycles. The number of halogens is 3. The largest absolute Gasteiger partial charge is 0.418 e. The Bertz CT molecular complexity index is 777. The fourth-order valence-corrected chi connectivity index (χ4v) is 2.69. The first-order chi connectivity index (χ1) is 12.3. The van der Waals surface area contributed by atoms with Crippen LogP contribution in [-0.4, -0.2) is 65.2 Å². The van der Waals surface area contributed by atoms with Crippen molar-refractivity contribution in [2.75, 3.05) is 33.3 Å². The molecular weight excluding hydrogens is 351 g/mol. The molecule has 2 heterocycles. The van der Waals surface area contributed by atoms with E-state index in [9.17, 15) is 18.0 Å². The second-order valence-corrected chi connectivity index (χ2v) is 6.03. The van der Waals surface area contributed by atoms with Crippen molar-refractivity contribution in [3.63, 3.8) is 0 Å². The van der Waals surface area contributed by atoms with Crippen molar-refractivity contribution >= 4 is 5.91 Å². The predicted molar refractivity (Wildman–Crippen MR) is 85.9 cm³/mol. The summed E-state index contributed by atoms with van der Waals surface area (Å²) in [4.78, 5) is 14.3. The van der Waals surface area contributed by atoms with E-state index in [-0.39, 0.29) is 24.0 Å². The topological polar surface area (TPSA) is 72.3 Å². The van der Waals surface area contributed by atoms with Crippen molar-refractivity contribution in [3.8, 4) is 5.69 Å². The first-order valence-corrected chi connectivity index (χ1v) is 8.02. The summed E-state index contributed by atoms with van der Waals surface area (Å²) in [6.45, 7) is 2.39. The number of para-hydroxylation sites is 1. The lowest BCUT2D eigenvalue weighted by atomic mass is 10.1. The van der Waals surface area contributed by atoms with E-state index in [0.717, 1.165) is 17.3 Å². The van der Waals surface area contributed by atoms with Gasteiger partial charge in [0.2, 0.25) is 0 Å². The van der Waals surface area contributed by atoms with E-state index in [1.807, 2.05) is 7.05 Å². The molecule has 0 bridgehead atoms. The second-order valence-electron chi connectivity index (χ2n) is 6.03. The highest BCUT2D eigenvalue weighted by Gasteiger charge is 2.34. The van der Waals surface area contributed by atoms with Crippen molar-refractivity contribution in [1.82, 2.24) is 25.2 Å². The van der Waals surface area contributed by atoms with Gasteiger partial charge in [0.1, 0.15) is 0 Å². The highest BCUT2D eigenvalue weighted by Crippen LogP contribution is 2.33. The van der Waals surface area contributed by atoms with Crippen LogP contribution in [0.2, 0.25) is 0 Å². The Kier molecular flexibility index (Phi) is 5.23. The number of amides is 1. The van der Waals surface area contributed by atoms with Crippen LogP contribution < -0.4 is 5.32 Å². The number of benzene rings is 1. The molecule has 26 heavy (non-hydrogen) atoms. The zero-order chi connectivity index (χ0) is 18.7. The molecule has 140 valence electrons. The van der Waals surface area contributed by atoms with Crippen LogP contribution in [0, 0.1) is 0 Å². The third-order valence-electron chi connectivity index (χ3n) is 4.01. The molecule has 2 aromatic rings. The lowest BCUT2D eigenvalue weighted by Crippen LogP contribution is -2.46. The number of morpholine rings is 1. The number of ether oxygens (including phenoxy) is 1. The summed E-state index contributed by atoms with van der Waals surface area (Å²) in [5.41, 5.74) is -1.11. The van der Waals surface area contributed by atoms with Gasteiger partial charge in [0.05, 0.1) is 30.2 Å². The van der Waals surface area contributed by atoms with Crippen LogP contribution in [0.15, 0.2) is 30.5 Å². The summed E-state index contributed by atoms with van der Waals surface area (Å²) >= 11 is 0. The van der Waals surface area contributed by atoms with Gasteiger partial charge in [-0.2, -0.15) is 13.2 Å². The average Bonchev–Trinajstić information content (AvgIpc) is 3.09. The number of hydrogen-bond acceptors (Lipinski definition) is 5. The molecule has 0 spiro atoms. The molecule has 1 N–H and O–H groups in total. The molecule has 0 radical (unpaired) electrons. The number of nitrogens with zero attached hydrogens (tertiary/aromatic N) is 4. The SMILES string of the molecule is CN1CCO[C@@H](CNC(=O)c2cn(-c3ccccc3C(F)(F)F)nn2)C1. The van der Waals surface area contributed by atoms with Crippen LogP contribution in [0.5, 0.6) is 0 Å². The number of carbonyl (C=O) groups is 1. The van der Waals surface area contributed by atoms with Gasteiger partial charge in [-0.05, 0) is 19.2 Å². The first kappa shape index (κ1) is 18.3. The highest BCUT2D eigenvalue weighted by atomic mass is 19.4. The number of alkyl halides is 3. The lowest BCUT2D eigenvalue weighted by molar-refractivity contribution is -0.137. The number of aromatic nitrogens is 3. The Morgan fingerprint density at radius 3 is 2.88 bits per heavy atom. The number of likely N-dealkylation sites (N-methyl/N-ethyl adjacent to an activating group) is 1. The zero-order valence-corrected chi connectivity index (χ0v) is 14.0. The minimum atomic E-state index is -4.53. The maximum absolute atomic E-state index is 13.1. The van der Waals surface area contributed by atoms with E-state index in [2.05, 4.69) is 20.5 Å². The Hall–Kier alpha value is -2.46. The average molecular weight is 369 g/mol. The molecule has 1 atom stereocenters. The monoisotopic (exact) mass is 369 g/mol. The number of rotatable bonds is 4. The van der Waals surface area contributed by atoms with Crippen molar-refractivity contribution in [2.45, 2.75) is 12.3 Å². The minimum absolute atomic E-state index is 0.0638. The van der Waals surface area contributed by atoms with Crippen molar-refractivity contribution in [2.24, 2.45) is 0 Å². The molecule has 1 amide bonds. The van der Waals surface area contributed by atoms with Gasteiger partial charge < -0.3 is 15.0 Å². The molecule has 1 aliphatic rings. The third-order valence-corrected chi connectivity index (χ3v) is 4.01. The second kappa shape index (κ2) is 7.42. The number of nitrogens with one attached hydrogen (secondary N) is 1. The van der Waals surface area contributed by atoms with Crippen LogP contribution in [0.3, 0.4) is 0 Å². The Labute approximate surface area is 147 Å². The zero-order valence-electron chi connectivity index (χ0n) is 14.0. The van der Waals surface area contributed by atoms with E-state index >= 15 is 0 Å². The third kappa shape index (κ3) is 4.20. The minimum Gasteiger partial charge on any atom is -0.374 e. The van der Waals surface area contributed by atoms with Gasteiger partial charge in [0.15, 0.2) is 5.69 Å². The Morgan fingerprint density at radius 1 is 1.38 bits per heavy atom. The van der Waals surface area contributed by atoms with Crippen molar-refractivity contribution in [1.29, 1.82) is 0 Å². The van der Waals surface area contributed by atoms with Crippen LogP contribution in [-0.2, 0) is 10.9 Å². The van der Waals surface area contributed by atoms with Gasteiger partial charge in [-0.1, -0.05) is 17.3 Å². The molecule has 0 aliphatic carbocycles. The standard InChI is InChI=1S/C16H18F3N5O2/c1-23-6-7-26-11(9-23)8-20-15(25)13-10-24(22-21-13)14-5-3-2-4-12(14)16(17,18)19/h2-5,10-11H,6-9H2,1H3,(H,20,25)/t11-/m0/s1. The van der Waals surface area contributed by atoms with Crippen LogP contribution >= 0.6 is 0 Å². The molecular formula is C16H18F3N5O2. The van der Waals surface area contributed by atoms with Gasteiger partial charge in [-0.15, -0.1) is 5.10 Å².